The minimum atomic E-state index is -0.0834. The Morgan fingerprint density at radius 2 is 1.71 bits per heavy atom. The summed E-state index contributed by atoms with van der Waals surface area (Å²) in [5, 5.41) is 0.365. The highest BCUT2D eigenvalue weighted by Crippen LogP contribution is 2.38. The second-order valence-corrected chi connectivity index (χ2v) is 6.33. The average molecular weight is 435 g/mol. The number of methoxy groups -OCH3 is 1. The molecule has 2 aromatic rings. The zero-order valence-electron chi connectivity index (χ0n) is 11.2. The molecule has 0 bridgehead atoms. The largest absolute Gasteiger partial charge is 0.496 e. The van der Waals surface area contributed by atoms with E-state index in [9.17, 15) is 4.79 Å². The molecule has 110 valence electrons. The van der Waals surface area contributed by atoms with Gasteiger partial charge in [-0.25, -0.2) is 0 Å². The smallest absolute Gasteiger partial charge is 0.161 e. The first-order chi connectivity index (χ1) is 9.92. The third-order valence-corrected chi connectivity index (χ3v) is 4.31. The van der Waals surface area contributed by atoms with Gasteiger partial charge in [-0.05, 0) is 63.0 Å². The summed E-state index contributed by atoms with van der Waals surface area (Å²) >= 11 is 12.9. The van der Waals surface area contributed by atoms with Crippen molar-refractivity contribution in [3.8, 4) is 17.2 Å². The van der Waals surface area contributed by atoms with Crippen LogP contribution in [-0.4, -0.2) is 12.9 Å². The van der Waals surface area contributed by atoms with E-state index in [-0.39, 0.29) is 5.78 Å². The molecule has 0 spiro atoms. The van der Waals surface area contributed by atoms with Crippen molar-refractivity contribution >= 4 is 49.2 Å². The maximum Gasteiger partial charge on any atom is 0.161 e. The predicted octanol–water partition coefficient (Wildman–Crippen LogP) is 5.87. The normalized spacial score (nSPS) is 10.3. The summed E-state index contributed by atoms with van der Waals surface area (Å²) in [6.07, 6.45) is 0. The highest BCUT2D eigenvalue weighted by molar-refractivity contribution is 9.11. The van der Waals surface area contributed by atoms with Crippen molar-refractivity contribution in [1.29, 1.82) is 0 Å². The van der Waals surface area contributed by atoms with Gasteiger partial charge in [0.2, 0.25) is 0 Å². The fourth-order valence-corrected chi connectivity index (χ4v) is 2.91. The molecule has 2 rings (SSSR count). The lowest BCUT2D eigenvalue weighted by Crippen LogP contribution is -1.94. The second kappa shape index (κ2) is 6.81. The molecule has 21 heavy (non-hydrogen) atoms. The molecule has 0 saturated heterocycles. The van der Waals surface area contributed by atoms with E-state index in [0.29, 0.717) is 27.8 Å². The number of ether oxygens (including phenoxy) is 2. The Morgan fingerprint density at radius 3 is 2.29 bits per heavy atom. The van der Waals surface area contributed by atoms with Crippen LogP contribution < -0.4 is 9.47 Å². The molecule has 0 radical (unpaired) electrons. The molecule has 3 nitrogen and oxygen atoms in total. The molecule has 0 aliphatic rings. The van der Waals surface area contributed by atoms with Gasteiger partial charge in [-0.1, -0.05) is 11.6 Å². The predicted molar refractivity (Wildman–Crippen MR) is 89.9 cm³/mol. The van der Waals surface area contributed by atoms with Gasteiger partial charge >= 0.3 is 0 Å². The zero-order chi connectivity index (χ0) is 15.6. The van der Waals surface area contributed by atoms with Gasteiger partial charge in [0.25, 0.3) is 0 Å². The van der Waals surface area contributed by atoms with Crippen LogP contribution in [0, 0.1) is 0 Å². The Hall–Kier alpha value is -1.04. The molecule has 6 heteroatoms. The van der Waals surface area contributed by atoms with Crippen LogP contribution in [0.5, 0.6) is 17.2 Å². The van der Waals surface area contributed by atoms with Crippen molar-refractivity contribution in [3.63, 3.8) is 0 Å². The Kier molecular flexibility index (Phi) is 5.30. The molecule has 0 aliphatic heterocycles. The summed E-state index contributed by atoms with van der Waals surface area (Å²) in [5.41, 5.74) is 0.471. The number of carbonyl (C=O) groups excluding carboxylic acids is 1. The van der Waals surface area contributed by atoms with Crippen LogP contribution in [0.3, 0.4) is 0 Å². The van der Waals surface area contributed by atoms with E-state index in [0.717, 1.165) is 8.95 Å². The minimum Gasteiger partial charge on any atom is -0.496 e. The van der Waals surface area contributed by atoms with Crippen molar-refractivity contribution in [3.05, 3.63) is 49.9 Å². The topological polar surface area (TPSA) is 35.5 Å². The van der Waals surface area contributed by atoms with Crippen molar-refractivity contribution in [2.45, 2.75) is 6.92 Å². The summed E-state index contributed by atoms with van der Waals surface area (Å²) in [6.45, 7) is 1.47. The Labute approximate surface area is 144 Å². The van der Waals surface area contributed by atoms with Crippen LogP contribution in [0.4, 0.5) is 0 Å². The maximum absolute atomic E-state index is 11.4. The number of rotatable bonds is 4. The summed E-state index contributed by atoms with van der Waals surface area (Å²) in [5.74, 6) is 1.76. The number of hydrogen-bond donors (Lipinski definition) is 0. The zero-order valence-corrected chi connectivity index (χ0v) is 15.2. The maximum atomic E-state index is 11.4. The third-order valence-electron chi connectivity index (χ3n) is 2.75. The van der Waals surface area contributed by atoms with Crippen LogP contribution in [0.1, 0.15) is 17.3 Å². The monoisotopic (exact) mass is 432 g/mol. The molecule has 0 amide bonds. The Balaban J connectivity index is 2.32. The first-order valence-electron chi connectivity index (χ1n) is 5.93. The van der Waals surface area contributed by atoms with E-state index < -0.39 is 0 Å². The van der Waals surface area contributed by atoms with Gasteiger partial charge in [0.1, 0.15) is 17.2 Å². The van der Waals surface area contributed by atoms with Crippen molar-refractivity contribution in [2.75, 3.05) is 7.11 Å². The van der Waals surface area contributed by atoms with Crippen LogP contribution in [0.2, 0.25) is 5.02 Å². The lowest BCUT2D eigenvalue weighted by molar-refractivity contribution is 0.101. The highest BCUT2D eigenvalue weighted by Gasteiger charge is 2.11. The molecular formula is C15H11Br2ClO3. The molecule has 0 saturated carbocycles. The van der Waals surface area contributed by atoms with E-state index in [1.54, 1.807) is 37.4 Å². The highest BCUT2D eigenvalue weighted by atomic mass is 79.9. The molecule has 0 aromatic heterocycles. The molecule has 0 fully saturated rings. The first-order valence-corrected chi connectivity index (χ1v) is 7.90. The summed E-state index contributed by atoms with van der Waals surface area (Å²) in [4.78, 5) is 11.4. The van der Waals surface area contributed by atoms with Crippen LogP contribution in [0.15, 0.2) is 39.3 Å². The fraction of sp³-hybridized carbons (Fsp3) is 0.133. The van der Waals surface area contributed by atoms with Gasteiger partial charge in [-0.15, -0.1) is 0 Å². The number of halogens is 3. The molecule has 0 N–H and O–H groups in total. The second-order valence-electron chi connectivity index (χ2n) is 4.22. The SMILES string of the molecule is COc1cc(Br)c(Oc2ccc(C(C)=O)c(Cl)c2)cc1Br. The third kappa shape index (κ3) is 3.78. The van der Waals surface area contributed by atoms with E-state index in [1.807, 2.05) is 0 Å². The van der Waals surface area contributed by atoms with E-state index >= 15 is 0 Å². The van der Waals surface area contributed by atoms with Gasteiger partial charge < -0.3 is 9.47 Å². The summed E-state index contributed by atoms with van der Waals surface area (Å²) < 4.78 is 12.5. The summed E-state index contributed by atoms with van der Waals surface area (Å²) in [6, 6.07) is 8.54. The van der Waals surface area contributed by atoms with Crippen LogP contribution in [-0.2, 0) is 0 Å². The van der Waals surface area contributed by atoms with Gasteiger partial charge in [-0.2, -0.15) is 0 Å². The van der Waals surface area contributed by atoms with E-state index in [2.05, 4.69) is 31.9 Å². The number of carbonyl (C=O) groups is 1. The first kappa shape index (κ1) is 16.3. The van der Waals surface area contributed by atoms with Gasteiger partial charge in [0.15, 0.2) is 5.78 Å². The molecule has 0 unspecified atom stereocenters. The number of Topliss-reactive ketones (excluding diaryl/α,β-unsaturated/α-hetero) is 1. The number of benzene rings is 2. The standard InChI is InChI=1S/C15H11Br2ClO3/c1-8(19)10-4-3-9(5-13(10)18)21-15-7-11(16)14(20-2)6-12(15)17/h3-7H,1-2H3. The Bertz CT molecular complexity index is 702. The number of hydrogen-bond acceptors (Lipinski definition) is 3. The lowest BCUT2D eigenvalue weighted by atomic mass is 10.1. The average Bonchev–Trinajstić information content (AvgIpc) is 2.42. The number of ketones is 1. The Morgan fingerprint density at radius 1 is 1.10 bits per heavy atom. The fourth-order valence-electron chi connectivity index (χ4n) is 1.72. The van der Waals surface area contributed by atoms with Crippen LogP contribution >= 0.6 is 43.5 Å². The van der Waals surface area contributed by atoms with Gasteiger partial charge in [0, 0.05) is 11.6 Å². The van der Waals surface area contributed by atoms with Gasteiger partial charge in [-0.3, -0.25) is 4.79 Å². The van der Waals surface area contributed by atoms with Crippen molar-refractivity contribution < 1.29 is 14.3 Å². The molecular weight excluding hydrogens is 423 g/mol. The molecule has 0 heterocycles. The molecule has 0 aliphatic carbocycles. The molecule has 0 atom stereocenters. The lowest BCUT2D eigenvalue weighted by Gasteiger charge is -2.11. The van der Waals surface area contributed by atoms with Crippen molar-refractivity contribution in [2.24, 2.45) is 0 Å². The van der Waals surface area contributed by atoms with E-state index in [4.69, 9.17) is 21.1 Å². The van der Waals surface area contributed by atoms with Gasteiger partial charge in [0.05, 0.1) is 21.1 Å². The minimum absolute atomic E-state index is 0.0834. The summed E-state index contributed by atoms with van der Waals surface area (Å²) in [7, 11) is 1.59. The van der Waals surface area contributed by atoms with Crippen molar-refractivity contribution in [1.82, 2.24) is 0 Å². The van der Waals surface area contributed by atoms with E-state index in [1.165, 1.54) is 6.92 Å². The quantitative estimate of drug-likeness (QED) is 0.565. The molecule has 2 aromatic carbocycles. The van der Waals surface area contributed by atoms with Crippen LogP contribution in [0.25, 0.3) is 0 Å².